The van der Waals surface area contributed by atoms with Crippen molar-refractivity contribution in [3.05, 3.63) is 29.3 Å². The first-order valence-electron chi connectivity index (χ1n) is 6.19. The van der Waals surface area contributed by atoms with Gasteiger partial charge in [-0.15, -0.1) is 0 Å². The zero-order valence-corrected chi connectivity index (χ0v) is 10.8. The Morgan fingerprint density at radius 1 is 1.53 bits per heavy atom. The van der Waals surface area contributed by atoms with Gasteiger partial charge in [0.1, 0.15) is 0 Å². The number of carbonyl (C=O) groups is 1. The van der Waals surface area contributed by atoms with Gasteiger partial charge >= 0.3 is 0 Å². The first kappa shape index (κ1) is 12.1. The van der Waals surface area contributed by atoms with Crippen LogP contribution in [0, 0.1) is 0 Å². The summed E-state index contributed by atoms with van der Waals surface area (Å²) < 4.78 is 0. The maximum atomic E-state index is 11.4. The number of hydrogen-bond donors (Lipinski definition) is 1. The molecule has 1 aliphatic heterocycles. The number of benzene rings is 1. The molecule has 1 atom stereocenters. The van der Waals surface area contributed by atoms with E-state index in [1.54, 1.807) is 6.92 Å². The summed E-state index contributed by atoms with van der Waals surface area (Å²) in [6, 6.07) is 6.94. The van der Waals surface area contributed by atoms with Crippen molar-refractivity contribution in [3.8, 4) is 0 Å². The molecule has 1 aromatic carbocycles. The van der Waals surface area contributed by atoms with E-state index in [1.807, 2.05) is 11.9 Å². The Bertz CT molecular complexity index is 428. The molecular formula is C14H20N2O. The molecule has 1 aliphatic rings. The minimum Gasteiger partial charge on any atom is -0.317 e. The second-order valence-corrected chi connectivity index (χ2v) is 4.78. The van der Waals surface area contributed by atoms with Gasteiger partial charge in [0.15, 0.2) is 0 Å². The number of carbonyl (C=O) groups excluding carboxylic acids is 1. The van der Waals surface area contributed by atoms with E-state index in [0.29, 0.717) is 6.04 Å². The summed E-state index contributed by atoms with van der Waals surface area (Å²) in [6.07, 6.45) is 2.01. The van der Waals surface area contributed by atoms with Gasteiger partial charge in [-0.2, -0.15) is 0 Å². The first-order valence-corrected chi connectivity index (χ1v) is 6.19. The van der Waals surface area contributed by atoms with Gasteiger partial charge in [0, 0.05) is 25.2 Å². The van der Waals surface area contributed by atoms with Gasteiger partial charge in [0.05, 0.1) is 0 Å². The molecule has 0 radical (unpaired) electrons. The summed E-state index contributed by atoms with van der Waals surface area (Å²) in [4.78, 5) is 13.3. The topological polar surface area (TPSA) is 32.3 Å². The molecule has 1 unspecified atom stereocenters. The molecule has 0 saturated heterocycles. The third-order valence-corrected chi connectivity index (χ3v) is 3.45. The molecule has 3 nitrogen and oxygen atoms in total. The fraction of sp³-hybridized carbons (Fsp3) is 0.500. The van der Waals surface area contributed by atoms with Crippen LogP contribution in [0.15, 0.2) is 18.2 Å². The van der Waals surface area contributed by atoms with Gasteiger partial charge in [-0.05, 0) is 44.0 Å². The lowest BCUT2D eigenvalue weighted by molar-refractivity contribution is -0.116. The van der Waals surface area contributed by atoms with Crippen LogP contribution in [0.5, 0.6) is 0 Å². The molecule has 1 N–H and O–H groups in total. The molecule has 1 aromatic rings. The number of anilines is 1. The molecule has 0 fully saturated rings. The summed E-state index contributed by atoms with van der Waals surface area (Å²) in [5.74, 6) is 0.139. The highest BCUT2D eigenvalue weighted by molar-refractivity contribution is 5.93. The van der Waals surface area contributed by atoms with Crippen LogP contribution in [0.2, 0.25) is 0 Å². The van der Waals surface area contributed by atoms with Crippen molar-refractivity contribution in [2.45, 2.75) is 32.7 Å². The number of likely N-dealkylation sites (N-methyl/N-ethyl adjacent to an activating group) is 1. The Morgan fingerprint density at radius 2 is 2.29 bits per heavy atom. The lowest BCUT2D eigenvalue weighted by Crippen LogP contribution is -2.25. The summed E-state index contributed by atoms with van der Waals surface area (Å²) in [7, 11) is 1.98. The Kier molecular flexibility index (Phi) is 3.48. The quantitative estimate of drug-likeness (QED) is 0.861. The fourth-order valence-corrected chi connectivity index (χ4v) is 2.36. The molecular weight excluding hydrogens is 212 g/mol. The maximum Gasteiger partial charge on any atom is 0.223 e. The van der Waals surface area contributed by atoms with E-state index in [-0.39, 0.29) is 5.91 Å². The fourth-order valence-electron chi connectivity index (χ4n) is 2.36. The largest absolute Gasteiger partial charge is 0.317 e. The van der Waals surface area contributed by atoms with Crippen molar-refractivity contribution in [2.24, 2.45) is 0 Å². The van der Waals surface area contributed by atoms with E-state index < -0.39 is 0 Å². The van der Waals surface area contributed by atoms with Crippen LogP contribution in [-0.2, 0) is 17.6 Å². The van der Waals surface area contributed by atoms with E-state index in [0.717, 1.165) is 25.1 Å². The van der Waals surface area contributed by atoms with Crippen LogP contribution < -0.4 is 10.2 Å². The molecule has 2 rings (SSSR count). The lowest BCUT2D eigenvalue weighted by atomic mass is 10.0. The van der Waals surface area contributed by atoms with Crippen molar-refractivity contribution in [2.75, 3.05) is 18.5 Å². The molecule has 0 aliphatic carbocycles. The SMILES string of the molecule is CNC(C)Cc1ccc2c(c1)CCN2C(C)=O. The average Bonchev–Trinajstić information content (AvgIpc) is 2.71. The summed E-state index contributed by atoms with van der Waals surface area (Å²) >= 11 is 0. The minimum absolute atomic E-state index is 0.139. The number of hydrogen-bond acceptors (Lipinski definition) is 2. The third kappa shape index (κ3) is 2.50. The Morgan fingerprint density at radius 3 is 2.94 bits per heavy atom. The van der Waals surface area contributed by atoms with E-state index >= 15 is 0 Å². The van der Waals surface area contributed by atoms with Gasteiger partial charge in [-0.1, -0.05) is 12.1 Å². The van der Waals surface area contributed by atoms with Gasteiger partial charge in [-0.3, -0.25) is 4.79 Å². The number of rotatable bonds is 3. The number of nitrogens with zero attached hydrogens (tertiary/aromatic N) is 1. The smallest absolute Gasteiger partial charge is 0.223 e. The van der Waals surface area contributed by atoms with Crippen LogP contribution in [0.4, 0.5) is 5.69 Å². The second kappa shape index (κ2) is 4.88. The third-order valence-electron chi connectivity index (χ3n) is 3.45. The van der Waals surface area contributed by atoms with E-state index in [1.165, 1.54) is 11.1 Å². The predicted octanol–water partition coefficient (Wildman–Crippen LogP) is 1.75. The highest BCUT2D eigenvalue weighted by Gasteiger charge is 2.22. The van der Waals surface area contributed by atoms with Crippen LogP contribution in [0.25, 0.3) is 0 Å². The zero-order valence-electron chi connectivity index (χ0n) is 10.8. The molecule has 0 aromatic heterocycles. The molecule has 0 saturated carbocycles. The van der Waals surface area contributed by atoms with Crippen molar-refractivity contribution in [1.29, 1.82) is 0 Å². The lowest BCUT2D eigenvalue weighted by Gasteiger charge is -2.15. The summed E-state index contributed by atoms with van der Waals surface area (Å²) in [5.41, 5.74) is 3.75. The van der Waals surface area contributed by atoms with Gasteiger partial charge in [-0.25, -0.2) is 0 Å². The number of amides is 1. The average molecular weight is 232 g/mol. The maximum absolute atomic E-state index is 11.4. The Hall–Kier alpha value is -1.35. The molecule has 0 spiro atoms. The normalized spacial score (nSPS) is 15.8. The Labute approximate surface area is 103 Å². The molecule has 17 heavy (non-hydrogen) atoms. The van der Waals surface area contributed by atoms with Crippen molar-refractivity contribution in [3.63, 3.8) is 0 Å². The van der Waals surface area contributed by atoms with Crippen molar-refractivity contribution in [1.82, 2.24) is 5.32 Å². The van der Waals surface area contributed by atoms with Gasteiger partial charge in [0.2, 0.25) is 5.91 Å². The highest BCUT2D eigenvalue weighted by atomic mass is 16.2. The van der Waals surface area contributed by atoms with Crippen molar-refractivity contribution >= 4 is 11.6 Å². The first-order chi connectivity index (χ1) is 8.11. The monoisotopic (exact) mass is 232 g/mol. The Balaban J connectivity index is 2.19. The van der Waals surface area contributed by atoms with Gasteiger partial charge < -0.3 is 10.2 Å². The molecule has 1 heterocycles. The molecule has 0 bridgehead atoms. The van der Waals surface area contributed by atoms with Crippen LogP contribution in [-0.4, -0.2) is 25.5 Å². The highest BCUT2D eigenvalue weighted by Crippen LogP contribution is 2.29. The number of nitrogens with one attached hydrogen (secondary N) is 1. The number of fused-ring (bicyclic) bond motifs is 1. The van der Waals surface area contributed by atoms with Crippen LogP contribution in [0.1, 0.15) is 25.0 Å². The zero-order chi connectivity index (χ0) is 12.4. The molecule has 92 valence electrons. The second-order valence-electron chi connectivity index (χ2n) is 4.78. The summed E-state index contributed by atoms with van der Waals surface area (Å²) in [5, 5.41) is 3.24. The predicted molar refractivity (Wildman–Crippen MR) is 70.4 cm³/mol. The van der Waals surface area contributed by atoms with E-state index in [9.17, 15) is 4.79 Å². The standard InChI is InChI=1S/C14H20N2O/c1-10(15-3)8-12-4-5-14-13(9-12)6-7-16(14)11(2)17/h4-5,9-10,15H,6-8H2,1-3H3. The summed E-state index contributed by atoms with van der Waals surface area (Å²) in [6.45, 7) is 4.64. The van der Waals surface area contributed by atoms with Crippen LogP contribution in [0.3, 0.4) is 0 Å². The van der Waals surface area contributed by atoms with Crippen LogP contribution >= 0.6 is 0 Å². The van der Waals surface area contributed by atoms with E-state index in [4.69, 9.17) is 0 Å². The molecule has 1 amide bonds. The molecule has 3 heteroatoms. The minimum atomic E-state index is 0.139. The van der Waals surface area contributed by atoms with Crippen molar-refractivity contribution < 1.29 is 4.79 Å². The van der Waals surface area contributed by atoms with E-state index in [2.05, 4.69) is 30.4 Å². The van der Waals surface area contributed by atoms with Gasteiger partial charge in [0.25, 0.3) is 0 Å².